The molecule has 2 rings (SSSR count). The molecule has 0 heterocycles. The standard InChI is InChI=1S/C10H8O4/c11-7-3-5-1-2-6(7)10(5)8(12)4-9(13)14/h1-3,10-11H,4H2,(H,13,14). The summed E-state index contributed by atoms with van der Waals surface area (Å²) in [7, 11) is 0. The van der Waals surface area contributed by atoms with Crippen molar-refractivity contribution in [1.29, 1.82) is 0 Å². The number of aliphatic carboxylic acids is 1. The van der Waals surface area contributed by atoms with Crippen LogP contribution >= 0.6 is 0 Å². The average Bonchev–Trinajstić information content (AvgIpc) is 2.58. The smallest absolute Gasteiger partial charge is 0.310 e. The average molecular weight is 192 g/mol. The topological polar surface area (TPSA) is 74.6 Å². The summed E-state index contributed by atoms with van der Waals surface area (Å²) in [6.07, 6.45) is 4.37. The number of rotatable bonds is 3. The van der Waals surface area contributed by atoms with Crippen molar-refractivity contribution in [3.05, 3.63) is 35.1 Å². The Kier molecular flexibility index (Phi) is 1.77. The second kappa shape index (κ2) is 2.83. The first kappa shape index (κ1) is 8.74. The maximum atomic E-state index is 11.5. The zero-order chi connectivity index (χ0) is 10.3. The van der Waals surface area contributed by atoms with E-state index in [0.717, 1.165) is 0 Å². The van der Waals surface area contributed by atoms with Gasteiger partial charge in [0, 0.05) is 5.57 Å². The van der Waals surface area contributed by atoms with Crippen LogP contribution in [0.15, 0.2) is 35.1 Å². The van der Waals surface area contributed by atoms with Crippen molar-refractivity contribution in [3.63, 3.8) is 0 Å². The van der Waals surface area contributed by atoms with Crippen LogP contribution in [0.1, 0.15) is 6.42 Å². The molecule has 0 spiro atoms. The Hall–Kier alpha value is -1.84. The molecule has 72 valence electrons. The minimum Gasteiger partial charge on any atom is -0.508 e. The van der Waals surface area contributed by atoms with E-state index in [1.807, 2.05) is 0 Å². The van der Waals surface area contributed by atoms with Crippen molar-refractivity contribution >= 4 is 11.8 Å². The molecule has 1 atom stereocenters. The highest BCUT2D eigenvalue weighted by Crippen LogP contribution is 2.39. The van der Waals surface area contributed by atoms with Gasteiger partial charge in [-0.3, -0.25) is 9.59 Å². The molecule has 0 aliphatic heterocycles. The molecule has 2 aliphatic rings. The molecule has 0 saturated heterocycles. The Balaban J connectivity index is 2.21. The number of Topliss-reactive ketones (excluding diaryl/α,β-unsaturated/α-hetero) is 1. The van der Waals surface area contributed by atoms with Gasteiger partial charge in [-0.05, 0) is 11.6 Å². The van der Waals surface area contributed by atoms with Gasteiger partial charge < -0.3 is 10.2 Å². The molecule has 2 aliphatic carbocycles. The Bertz CT molecular complexity index is 412. The summed E-state index contributed by atoms with van der Waals surface area (Å²) in [5.74, 6) is -1.99. The maximum absolute atomic E-state index is 11.5. The van der Waals surface area contributed by atoms with Crippen LogP contribution in [0.5, 0.6) is 0 Å². The fourth-order valence-corrected chi connectivity index (χ4v) is 1.77. The second-order valence-corrected chi connectivity index (χ2v) is 3.29. The number of aliphatic hydroxyl groups excluding tert-OH is 1. The zero-order valence-corrected chi connectivity index (χ0v) is 7.23. The molecule has 0 aromatic heterocycles. The fourth-order valence-electron chi connectivity index (χ4n) is 1.77. The SMILES string of the molecule is O=C(O)CC(=O)C1C2=CC(O)=C1C=C2. The van der Waals surface area contributed by atoms with Crippen LogP contribution < -0.4 is 0 Å². The number of ketones is 1. The second-order valence-electron chi connectivity index (χ2n) is 3.29. The Labute approximate surface area is 79.9 Å². The number of carboxylic acid groups (broad SMARTS) is 1. The van der Waals surface area contributed by atoms with Gasteiger partial charge in [0.25, 0.3) is 0 Å². The monoisotopic (exact) mass is 192 g/mol. The van der Waals surface area contributed by atoms with E-state index in [-0.39, 0.29) is 11.5 Å². The van der Waals surface area contributed by atoms with E-state index in [0.29, 0.717) is 11.1 Å². The number of fused-ring (bicyclic) bond motifs is 2. The van der Waals surface area contributed by atoms with E-state index in [1.54, 1.807) is 12.2 Å². The molecule has 1 unspecified atom stereocenters. The van der Waals surface area contributed by atoms with E-state index < -0.39 is 18.3 Å². The van der Waals surface area contributed by atoms with Crippen molar-refractivity contribution in [2.24, 2.45) is 5.92 Å². The Morgan fingerprint density at radius 2 is 2.07 bits per heavy atom. The summed E-state index contributed by atoms with van der Waals surface area (Å²) < 4.78 is 0. The van der Waals surface area contributed by atoms with Gasteiger partial charge >= 0.3 is 5.97 Å². The predicted molar refractivity (Wildman–Crippen MR) is 47.6 cm³/mol. The predicted octanol–water partition coefficient (Wildman–Crippen LogP) is 0.968. The molecular weight excluding hydrogens is 184 g/mol. The number of aliphatic hydroxyl groups is 1. The summed E-state index contributed by atoms with van der Waals surface area (Å²) >= 11 is 0. The quantitative estimate of drug-likeness (QED) is 0.653. The van der Waals surface area contributed by atoms with Crippen LogP contribution in [0, 0.1) is 5.92 Å². The highest BCUT2D eigenvalue weighted by atomic mass is 16.4. The van der Waals surface area contributed by atoms with Crippen LogP contribution in [-0.2, 0) is 9.59 Å². The Morgan fingerprint density at radius 3 is 2.50 bits per heavy atom. The largest absolute Gasteiger partial charge is 0.508 e. The maximum Gasteiger partial charge on any atom is 0.310 e. The molecule has 2 bridgehead atoms. The third kappa shape index (κ3) is 1.16. The first-order valence-corrected chi connectivity index (χ1v) is 4.17. The number of carbonyl (C=O) groups excluding carboxylic acids is 1. The van der Waals surface area contributed by atoms with Crippen molar-refractivity contribution in [2.45, 2.75) is 6.42 Å². The van der Waals surface area contributed by atoms with Gasteiger partial charge in [-0.25, -0.2) is 0 Å². The number of hydrogen-bond acceptors (Lipinski definition) is 3. The van der Waals surface area contributed by atoms with Gasteiger partial charge in [-0.15, -0.1) is 0 Å². The summed E-state index contributed by atoms with van der Waals surface area (Å²) in [6.45, 7) is 0. The van der Waals surface area contributed by atoms with Crippen LogP contribution in [0.25, 0.3) is 0 Å². The highest BCUT2D eigenvalue weighted by Gasteiger charge is 2.35. The minimum atomic E-state index is -1.14. The molecule has 0 saturated carbocycles. The van der Waals surface area contributed by atoms with E-state index in [9.17, 15) is 14.7 Å². The molecule has 14 heavy (non-hydrogen) atoms. The van der Waals surface area contributed by atoms with Crippen molar-refractivity contribution < 1.29 is 19.8 Å². The van der Waals surface area contributed by atoms with Crippen LogP contribution in [0.4, 0.5) is 0 Å². The molecule has 0 fully saturated rings. The van der Waals surface area contributed by atoms with Gasteiger partial charge in [0.1, 0.15) is 12.2 Å². The highest BCUT2D eigenvalue weighted by molar-refractivity contribution is 6.01. The molecular formula is C10H8O4. The number of carbonyl (C=O) groups is 2. The first-order chi connectivity index (χ1) is 6.59. The third-order valence-electron chi connectivity index (χ3n) is 2.35. The molecule has 0 aromatic carbocycles. The summed E-state index contributed by atoms with van der Waals surface area (Å²) in [5.41, 5.74) is 1.20. The fraction of sp³-hybridized carbons (Fsp3) is 0.200. The van der Waals surface area contributed by atoms with Crippen LogP contribution in [0.3, 0.4) is 0 Å². The molecule has 2 N–H and O–H groups in total. The first-order valence-electron chi connectivity index (χ1n) is 4.17. The lowest BCUT2D eigenvalue weighted by Crippen LogP contribution is -2.17. The van der Waals surface area contributed by atoms with E-state index >= 15 is 0 Å². The summed E-state index contributed by atoms with van der Waals surface area (Å²) in [5, 5.41) is 17.8. The zero-order valence-electron chi connectivity index (χ0n) is 7.23. The molecule has 0 amide bonds. The lowest BCUT2D eigenvalue weighted by atomic mass is 9.95. The molecule has 0 aromatic rings. The van der Waals surface area contributed by atoms with Gasteiger partial charge in [0.2, 0.25) is 0 Å². The number of allylic oxidation sites excluding steroid dienone is 5. The van der Waals surface area contributed by atoms with Crippen molar-refractivity contribution in [1.82, 2.24) is 0 Å². The number of hydrogen-bond donors (Lipinski definition) is 2. The minimum absolute atomic E-state index is 0.0752. The van der Waals surface area contributed by atoms with Crippen LogP contribution in [-0.4, -0.2) is 22.0 Å². The van der Waals surface area contributed by atoms with E-state index in [4.69, 9.17) is 5.11 Å². The number of carboxylic acids is 1. The van der Waals surface area contributed by atoms with Gasteiger partial charge in [-0.1, -0.05) is 12.2 Å². The van der Waals surface area contributed by atoms with Gasteiger partial charge in [0.15, 0.2) is 5.78 Å². The van der Waals surface area contributed by atoms with Gasteiger partial charge in [-0.2, -0.15) is 0 Å². The molecule has 0 radical (unpaired) electrons. The lowest BCUT2D eigenvalue weighted by Gasteiger charge is -2.06. The normalized spacial score (nSPS) is 22.9. The Morgan fingerprint density at radius 1 is 1.36 bits per heavy atom. The summed E-state index contributed by atoms with van der Waals surface area (Å²) in [4.78, 5) is 21.8. The van der Waals surface area contributed by atoms with E-state index in [1.165, 1.54) is 6.08 Å². The third-order valence-corrected chi connectivity index (χ3v) is 2.35. The van der Waals surface area contributed by atoms with Crippen LogP contribution in [0.2, 0.25) is 0 Å². The molecule has 4 heteroatoms. The van der Waals surface area contributed by atoms with Crippen molar-refractivity contribution in [3.8, 4) is 0 Å². The van der Waals surface area contributed by atoms with Gasteiger partial charge in [0.05, 0.1) is 5.92 Å². The molecule has 4 nitrogen and oxygen atoms in total. The van der Waals surface area contributed by atoms with E-state index in [2.05, 4.69) is 0 Å². The lowest BCUT2D eigenvalue weighted by molar-refractivity contribution is -0.140. The summed E-state index contributed by atoms with van der Waals surface area (Å²) in [6, 6.07) is 0. The van der Waals surface area contributed by atoms with Crippen molar-refractivity contribution in [2.75, 3.05) is 0 Å².